The van der Waals surface area contributed by atoms with Crippen LogP contribution in [0.2, 0.25) is 0 Å². The maximum Gasteiger partial charge on any atom is 0.407 e. The van der Waals surface area contributed by atoms with E-state index in [2.05, 4.69) is 5.32 Å². The van der Waals surface area contributed by atoms with Gasteiger partial charge in [0.15, 0.2) is 0 Å². The van der Waals surface area contributed by atoms with E-state index in [0.29, 0.717) is 6.54 Å². The van der Waals surface area contributed by atoms with Gasteiger partial charge in [0, 0.05) is 37.0 Å². The predicted molar refractivity (Wildman–Crippen MR) is 131 cm³/mol. The Morgan fingerprint density at radius 3 is 2.74 bits per heavy atom. The Bertz CT molecular complexity index is 1130. The molecule has 4 rings (SSSR count). The third kappa shape index (κ3) is 5.50. The second-order valence-corrected chi connectivity index (χ2v) is 9.77. The molecule has 2 unspecified atom stereocenters. The number of rotatable bonds is 6. The number of ether oxygens (including phenoxy) is 3. The van der Waals surface area contributed by atoms with Crippen molar-refractivity contribution in [2.24, 2.45) is 0 Å². The van der Waals surface area contributed by atoms with Crippen molar-refractivity contribution in [3.8, 4) is 17.0 Å². The molecule has 182 valence electrons. The van der Waals surface area contributed by atoms with Crippen LogP contribution >= 0.6 is 0 Å². The molecule has 34 heavy (non-hydrogen) atoms. The first-order valence-corrected chi connectivity index (χ1v) is 11.9. The van der Waals surface area contributed by atoms with Crippen LogP contribution in [-0.4, -0.2) is 46.7 Å². The fourth-order valence-corrected chi connectivity index (χ4v) is 4.11. The number of hydrogen-bond acceptors (Lipinski definition) is 6. The third-order valence-corrected chi connectivity index (χ3v) is 5.90. The maximum atomic E-state index is 11.9. The summed E-state index contributed by atoms with van der Waals surface area (Å²) in [7, 11) is 1.67. The van der Waals surface area contributed by atoms with Crippen LogP contribution in [0.1, 0.15) is 64.7 Å². The van der Waals surface area contributed by atoms with E-state index < -0.39 is 11.7 Å². The van der Waals surface area contributed by atoms with Crippen molar-refractivity contribution in [2.45, 2.75) is 64.7 Å². The number of nitrogens with zero attached hydrogens (tertiary/aromatic N) is 3. The van der Waals surface area contributed by atoms with E-state index in [9.17, 15) is 4.79 Å². The van der Waals surface area contributed by atoms with Crippen LogP contribution in [0.3, 0.4) is 0 Å². The fourth-order valence-electron chi connectivity index (χ4n) is 4.11. The minimum Gasteiger partial charge on any atom is -0.495 e. The number of methoxy groups -OCH3 is 1. The van der Waals surface area contributed by atoms with Gasteiger partial charge in [-0.25, -0.2) is 9.48 Å². The molecular formula is C26H34N4O4. The van der Waals surface area contributed by atoms with Crippen molar-refractivity contribution >= 4 is 17.0 Å². The van der Waals surface area contributed by atoms with Gasteiger partial charge in [-0.2, -0.15) is 5.10 Å². The van der Waals surface area contributed by atoms with Crippen LogP contribution in [0.25, 0.3) is 22.2 Å². The van der Waals surface area contributed by atoms with Gasteiger partial charge in [-0.1, -0.05) is 13.0 Å². The summed E-state index contributed by atoms with van der Waals surface area (Å²) in [6.45, 7) is 8.82. The highest BCUT2D eigenvalue weighted by Gasteiger charge is 2.21. The van der Waals surface area contributed by atoms with Crippen LogP contribution in [0, 0.1) is 0 Å². The molecule has 1 aliphatic heterocycles. The average Bonchev–Trinajstić information content (AvgIpc) is 3.26. The molecule has 1 saturated heterocycles. The number of alkyl carbamates (subject to hydrolysis) is 1. The lowest BCUT2D eigenvalue weighted by atomic mass is 10.0. The Morgan fingerprint density at radius 2 is 2.09 bits per heavy atom. The van der Waals surface area contributed by atoms with Crippen molar-refractivity contribution < 1.29 is 19.0 Å². The molecule has 1 N–H and O–H groups in total. The smallest absolute Gasteiger partial charge is 0.407 e. The number of carbonyl (C=O) groups excluding carboxylic acids is 1. The van der Waals surface area contributed by atoms with E-state index in [1.165, 1.54) is 0 Å². The number of nitrogens with one attached hydrogen (secondary N) is 1. The lowest BCUT2D eigenvalue weighted by Crippen LogP contribution is -2.34. The quantitative estimate of drug-likeness (QED) is 0.521. The van der Waals surface area contributed by atoms with Crippen LogP contribution in [0.15, 0.2) is 36.7 Å². The summed E-state index contributed by atoms with van der Waals surface area (Å²) in [6, 6.07) is 8.01. The van der Waals surface area contributed by atoms with Gasteiger partial charge < -0.3 is 19.5 Å². The Balaban J connectivity index is 1.50. The van der Waals surface area contributed by atoms with E-state index in [1.54, 1.807) is 7.11 Å². The maximum absolute atomic E-state index is 11.9. The Kier molecular flexibility index (Phi) is 7.07. The first kappa shape index (κ1) is 24.0. The average molecular weight is 467 g/mol. The van der Waals surface area contributed by atoms with Gasteiger partial charge in [-0.3, -0.25) is 4.98 Å². The highest BCUT2D eigenvalue weighted by molar-refractivity contribution is 5.92. The molecule has 3 aromatic rings. The Morgan fingerprint density at radius 1 is 1.26 bits per heavy atom. The lowest BCUT2D eigenvalue weighted by molar-refractivity contribution is -0.0390. The zero-order valence-electron chi connectivity index (χ0n) is 20.6. The molecule has 2 atom stereocenters. The molecule has 1 aliphatic rings. The van der Waals surface area contributed by atoms with Gasteiger partial charge in [0.25, 0.3) is 0 Å². The van der Waals surface area contributed by atoms with Crippen LogP contribution < -0.4 is 10.1 Å². The zero-order chi connectivity index (χ0) is 24.3. The molecule has 2 aromatic heterocycles. The van der Waals surface area contributed by atoms with E-state index in [4.69, 9.17) is 24.3 Å². The molecule has 8 heteroatoms. The molecular weight excluding hydrogens is 432 g/mol. The topological polar surface area (TPSA) is 87.5 Å². The summed E-state index contributed by atoms with van der Waals surface area (Å²) in [5.74, 6) is 0.839. The van der Waals surface area contributed by atoms with Crippen LogP contribution in [0.4, 0.5) is 4.79 Å². The highest BCUT2D eigenvalue weighted by atomic mass is 16.6. The van der Waals surface area contributed by atoms with Gasteiger partial charge in [-0.15, -0.1) is 0 Å². The molecule has 3 heterocycles. The zero-order valence-corrected chi connectivity index (χ0v) is 20.6. The molecule has 8 nitrogen and oxygen atoms in total. The Labute approximate surface area is 200 Å². The highest BCUT2D eigenvalue weighted by Crippen LogP contribution is 2.37. The molecule has 0 aliphatic carbocycles. The lowest BCUT2D eigenvalue weighted by Gasteiger charge is -2.22. The van der Waals surface area contributed by atoms with Crippen molar-refractivity contribution in [3.63, 3.8) is 0 Å². The van der Waals surface area contributed by atoms with Crippen molar-refractivity contribution in [1.82, 2.24) is 20.1 Å². The van der Waals surface area contributed by atoms with E-state index in [0.717, 1.165) is 59.3 Å². The van der Waals surface area contributed by atoms with E-state index >= 15 is 0 Å². The summed E-state index contributed by atoms with van der Waals surface area (Å²) in [4.78, 5) is 16.6. The number of aromatic nitrogens is 3. The Hall–Kier alpha value is -3.13. The van der Waals surface area contributed by atoms with Gasteiger partial charge in [0.05, 0.1) is 23.7 Å². The number of hydrogen-bond donors (Lipinski definition) is 1. The minimum atomic E-state index is -0.517. The van der Waals surface area contributed by atoms with Gasteiger partial charge in [0.2, 0.25) is 0 Å². The standard InChI is InChI=1S/C26H34N4O4/c1-17(14-28-25(31)34-26(2,3)4)18-9-11-21(27-15-18)19-10-12-22-20(24(19)32-5)16-30(29-22)23-8-6-7-13-33-23/h9-12,15-17,23H,6-8,13-14H2,1-5H3,(H,28,31). The molecule has 0 radical (unpaired) electrons. The van der Waals surface area contributed by atoms with E-state index in [1.807, 2.05) is 69.0 Å². The van der Waals surface area contributed by atoms with Gasteiger partial charge >= 0.3 is 6.09 Å². The second kappa shape index (κ2) is 10.0. The van der Waals surface area contributed by atoms with Gasteiger partial charge in [0.1, 0.15) is 17.6 Å². The second-order valence-electron chi connectivity index (χ2n) is 9.77. The molecule has 1 amide bonds. The SMILES string of the molecule is COc1c(-c2ccc(C(C)CNC(=O)OC(C)(C)C)cn2)ccc2nn(C3CCCCO3)cc12. The van der Waals surface area contributed by atoms with E-state index in [-0.39, 0.29) is 12.1 Å². The molecule has 1 fully saturated rings. The normalized spacial score (nSPS) is 17.4. The van der Waals surface area contributed by atoms with Crippen molar-refractivity contribution in [1.29, 1.82) is 0 Å². The summed E-state index contributed by atoms with van der Waals surface area (Å²) >= 11 is 0. The number of benzene rings is 1. The molecule has 0 bridgehead atoms. The number of fused-ring (bicyclic) bond motifs is 1. The minimum absolute atomic E-state index is 0.0255. The monoisotopic (exact) mass is 466 g/mol. The molecule has 0 saturated carbocycles. The van der Waals surface area contributed by atoms with Crippen LogP contribution in [0.5, 0.6) is 5.75 Å². The predicted octanol–water partition coefficient (Wildman–Crippen LogP) is 5.43. The third-order valence-electron chi connectivity index (χ3n) is 5.90. The number of amides is 1. The number of pyridine rings is 1. The molecule has 0 spiro atoms. The summed E-state index contributed by atoms with van der Waals surface area (Å²) in [6.07, 6.45) is 6.62. The van der Waals surface area contributed by atoms with Gasteiger partial charge in [-0.05, 0) is 63.8 Å². The van der Waals surface area contributed by atoms with Crippen molar-refractivity contribution in [2.75, 3.05) is 20.3 Å². The largest absolute Gasteiger partial charge is 0.495 e. The molecule has 1 aromatic carbocycles. The van der Waals surface area contributed by atoms with Crippen molar-refractivity contribution in [3.05, 3.63) is 42.2 Å². The first-order valence-electron chi connectivity index (χ1n) is 11.9. The summed E-state index contributed by atoms with van der Waals surface area (Å²) in [5.41, 5.74) is 3.10. The first-order chi connectivity index (χ1) is 16.2. The summed E-state index contributed by atoms with van der Waals surface area (Å²) in [5, 5.41) is 8.48. The summed E-state index contributed by atoms with van der Waals surface area (Å²) < 4.78 is 18.9. The fraction of sp³-hybridized carbons (Fsp3) is 0.500. The number of carbonyl (C=O) groups is 1. The van der Waals surface area contributed by atoms with Crippen LogP contribution in [-0.2, 0) is 9.47 Å².